The highest BCUT2D eigenvalue weighted by atomic mass is 16.6. The van der Waals surface area contributed by atoms with Crippen LogP contribution in [0.2, 0.25) is 0 Å². The number of aryl methyl sites for hydroxylation is 1. The maximum Gasteiger partial charge on any atom is 0.292 e. The Labute approximate surface area is 99.2 Å². The summed E-state index contributed by atoms with van der Waals surface area (Å²) < 4.78 is 0. The van der Waals surface area contributed by atoms with Crippen LogP contribution in [0.1, 0.15) is 12.5 Å². The molecule has 0 aliphatic carbocycles. The molecular formula is C11H15N3O3. The topological polar surface area (TPSA) is 84.3 Å². The Kier molecular flexibility index (Phi) is 4.45. The Morgan fingerprint density at radius 1 is 1.41 bits per heavy atom. The van der Waals surface area contributed by atoms with Gasteiger partial charge in [-0.15, -0.1) is 0 Å². The number of nitrogens with zero attached hydrogens (tertiary/aromatic N) is 1. The smallest absolute Gasteiger partial charge is 0.292 e. The first kappa shape index (κ1) is 13.0. The third kappa shape index (κ3) is 4.10. The van der Waals surface area contributed by atoms with Crippen molar-refractivity contribution < 1.29 is 9.72 Å². The molecule has 0 heterocycles. The number of nitro benzene ring substituents is 1. The molecule has 0 saturated carbocycles. The lowest BCUT2D eigenvalue weighted by Crippen LogP contribution is -2.26. The largest absolute Gasteiger partial charge is 0.378 e. The number of nitro groups is 1. The van der Waals surface area contributed by atoms with Crippen molar-refractivity contribution in [3.8, 4) is 0 Å². The predicted octanol–water partition coefficient (Wildman–Crippen LogP) is 1.45. The average molecular weight is 237 g/mol. The molecule has 1 aromatic rings. The first-order chi connectivity index (χ1) is 8.00. The molecule has 6 heteroatoms. The number of hydrogen-bond acceptors (Lipinski definition) is 4. The average Bonchev–Trinajstić information content (AvgIpc) is 2.23. The summed E-state index contributed by atoms with van der Waals surface area (Å²) in [6.07, 6.45) is 0. The molecule has 0 aliphatic heterocycles. The molecule has 2 N–H and O–H groups in total. The van der Waals surface area contributed by atoms with Crippen molar-refractivity contribution in [2.75, 3.05) is 18.4 Å². The summed E-state index contributed by atoms with van der Waals surface area (Å²) in [5.41, 5.74) is 1.46. The summed E-state index contributed by atoms with van der Waals surface area (Å²) in [6, 6.07) is 4.87. The van der Waals surface area contributed by atoms with E-state index in [2.05, 4.69) is 10.6 Å². The fourth-order valence-corrected chi connectivity index (χ4v) is 1.39. The van der Waals surface area contributed by atoms with Gasteiger partial charge in [-0.3, -0.25) is 14.9 Å². The zero-order valence-corrected chi connectivity index (χ0v) is 9.82. The summed E-state index contributed by atoms with van der Waals surface area (Å²) in [5, 5.41) is 16.3. The SMILES string of the molecule is CC(=O)NCCNc1cc(C)ccc1[N+](=O)[O-]. The van der Waals surface area contributed by atoms with Gasteiger partial charge in [-0.25, -0.2) is 0 Å². The van der Waals surface area contributed by atoms with Gasteiger partial charge in [0.2, 0.25) is 5.91 Å². The van der Waals surface area contributed by atoms with E-state index in [1.807, 2.05) is 6.92 Å². The van der Waals surface area contributed by atoms with E-state index in [1.54, 1.807) is 12.1 Å². The van der Waals surface area contributed by atoms with Gasteiger partial charge in [0.1, 0.15) is 5.69 Å². The molecule has 1 rings (SSSR count). The second kappa shape index (κ2) is 5.83. The Morgan fingerprint density at radius 3 is 2.71 bits per heavy atom. The van der Waals surface area contributed by atoms with E-state index in [9.17, 15) is 14.9 Å². The molecule has 0 radical (unpaired) electrons. The number of nitrogens with one attached hydrogen (secondary N) is 2. The van der Waals surface area contributed by atoms with E-state index < -0.39 is 4.92 Å². The lowest BCUT2D eigenvalue weighted by molar-refractivity contribution is -0.384. The molecule has 6 nitrogen and oxygen atoms in total. The lowest BCUT2D eigenvalue weighted by atomic mass is 10.2. The first-order valence-electron chi connectivity index (χ1n) is 5.24. The zero-order valence-electron chi connectivity index (χ0n) is 9.82. The summed E-state index contributed by atoms with van der Waals surface area (Å²) in [7, 11) is 0. The van der Waals surface area contributed by atoms with Crippen LogP contribution < -0.4 is 10.6 Å². The van der Waals surface area contributed by atoms with Gasteiger partial charge in [0, 0.05) is 26.1 Å². The molecule has 0 spiro atoms. The van der Waals surface area contributed by atoms with Crippen LogP contribution >= 0.6 is 0 Å². The number of anilines is 1. The van der Waals surface area contributed by atoms with Crippen LogP contribution in [0.3, 0.4) is 0 Å². The predicted molar refractivity (Wildman–Crippen MR) is 65.0 cm³/mol. The number of benzene rings is 1. The maximum atomic E-state index is 10.8. The normalized spacial score (nSPS) is 9.76. The standard InChI is InChI=1S/C11H15N3O3/c1-8-3-4-11(14(16)17)10(7-8)13-6-5-12-9(2)15/h3-4,7,13H,5-6H2,1-2H3,(H,12,15). The van der Waals surface area contributed by atoms with Gasteiger partial charge in [0.05, 0.1) is 4.92 Å². The van der Waals surface area contributed by atoms with Crippen molar-refractivity contribution >= 4 is 17.3 Å². The summed E-state index contributed by atoms with van der Waals surface area (Å²) in [6.45, 7) is 4.17. The Morgan fingerprint density at radius 2 is 2.12 bits per heavy atom. The van der Waals surface area contributed by atoms with Gasteiger partial charge in [-0.2, -0.15) is 0 Å². The Hall–Kier alpha value is -2.11. The molecule has 0 aliphatic rings. The molecule has 17 heavy (non-hydrogen) atoms. The van der Waals surface area contributed by atoms with Gasteiger partial charge in [-0.1, -0.05) is 6.07 Å². The summed E-state index contributed by atoms with van der Waals surface area (Å²) >= 11 is 0. The molecule has 0 saturated heterocycles. The van der Waals surface area contributed by atoms with E-state index >= 15 is 0 Å². The highest BCUT2D eigenvalue weighted by molar-refractivity contribution is 5.72. The van der Waals surface area contributed by atoms with Crippen LogP contribution in [0, 0.1) is 17.0 Å². The van der Waals surface area contributed by atoms with Crippen molar-refractivity contribution in [2.24, 2.45) is 0 Å². The lowest BCUT2D eigenvalue weighted by Gasteiger charge is -2.08. The van der Waals surface area contributed by atoms with Gasteiger partial charge in [0.25, 0.3) is 5.69 Å². The van der Waals surface area contributed by atoms with Crippen LogP contribution in [0.15, 0.2) is 18.2 Å². The number of hydrogen-bond donors (Lipinski definition) is 2. The van der Waals surface area contributed by atoms with E-state index in [-0.39, 0.29) is 11.6 Å². The van der Waals surface area contributed by atoms with Crippen LogP contribution in [0.25, 0.3) is 0 Å². The van der Waals surface area contributed by atoms with Crippen molar-refractivity contribution in [2.45, 2.75) is 13.8 Å². The quantitative estimate of drug-likeness (QED) is 0.461. The number of carbonyl (C=O) groups excluding carboxylic acids is 1. The second-order valence-corrected chi connectivity index (χ2v) is 3.69. The minimum absolute atomic E-state index is 0.0402. The second-order valence-electron chi connectivity index (χ2n) is 3.69. The molecule has 0 fully saturated rings. The van der Waals surface area contributed by atoms with Crippen molar-refractivity contribution in [1.29, 1.82) is 0 Å². The minimum atomic E-state index is -0.430. The molecule has 1 amide bonds. The first-order valence-corrected chi connectivity index (χ1v) is 5.24. The molecule has 1 aromatic carbocycles. The van der Waals surface area contributed by atoms with Crippen molar-refractivity contribution in [3.63, 3.8) is 0 Å². The fourth-order valence-electron chi connectivity index (χ4n) is 1.39. The van der Waals surface area contributed by atoms with Gasteiger partial charge < -0.3 is 10.6 Å². The monoisotopic (exact) mass is 237 g/mol. The molecular weight excluding hydrogens is 222 g/mol. The van der Waals surface area contributed by atoms with Crippen LogP contribution in [0.5, 0.6) is 0 Å². The van der Waals surface area contributed by atoms with E-state index in [1.165, 1.54) is 13.0 Å². The number of rotatable bonds is 5. The Bertz CT molecular complexity index is 432. The van der Waals surface area contributed by atoms with Gasteiger partial charge >= 0.3 is 0 Å². The Balaban J connectivity index is 2.65. The van der Waals surface area contributed by atoms with E-state index in [0.717, 1.165) is 5.56 Å². The zero-order chi connectivity index (χ0) is 12.8. The van der Waals surface area contributed by atoms with E-state index in [0.29, 0.717) is 18.8 Å². The molecule has 0 aromatic heterocycles. The maximum absolute atomic E-state index is 10.8. The van der Waals surface area contributed by atoms with E-state index in [4.69, 9.17) is 0 Å². The van der Waals surface area contributed by atoms with Gasteiger partial charge in [-0.05, 0) is 18.6 Å². The highest BCUT2D eigenvalue weighted by Gasteiger charge is 2.12. The minimum Gasteiger partial charge on any atom is -0.378 e. The number of carbonyl (C=O) groups is 1. The highest BCUT2D eigenvalue weighted by Crippen LogP contribution is 2.24. The molecule has 92 valence electrons. The van der Waals surface area contributed by atoms with Crippen molar-refractivity contribution in [1.82, 2.24) is 5.32 Å². The van der Waals surface area contributed by atoms with Crippen LogP contribution in [0.4, 0.5) is 11.4 Å². The summed E-state index contributed by atoms with van der Waals surface area (Å²) in [4.78, 5) is 21.0. The fraction of sp³-hybridized carbons (Fsp3) is 0.364. The van der Waals surface area contributed by atoms with Crippen molar-refractivity contribution in [3.05, 3.63) is 33.9 Å². The third-order valence-electron chi connectivity index (χ3n) is 2.16. The summed E-state index contributed by atoms with van der Waals surface area (Å²) in [5.74, 6) is -0.120. The molecule has 0 bridgehead atoms. The molecule has 0 unspecified atom stereocenters. The van der Waals surface area contributed by atoms with Gasteiger partial charge in [0.15, 0.2) is 0 Å². The van der Waals surface area contributed by atoms with Crippen LogP contribution in [-0.2, 0) is 4.79 Å². The van der Waals surface area contributed by atoms with Crippen LogP contribution in [-0.4, -0.2) is 23.9 Å². The number of amides is 1. The molecule has 0 atom stereocenters. The third-order valence-corrected chi connectivity index (χ3v) is 2.16.